The summed E-state index contributed by atoms with van der Waals surface area (Å²) in [6.07, 6.45) is 2.96. The minimum absolute atomic E-state index is 0.00857. The van der Waals surface area contributed by atoms with Crippen LogP contribution in [0.2, 0.25) is 4.34 Å². The van der Waals surface area contributed by atoms with E-state index in [4.69, 9.17) is 17.3 Å². The molecule has 2 fully saturated rings. The SMILES string of the molecule is NC[C@H]1CCC[C@H]1C(=O)N1CCN(S(=O)(=O)c2ccc(Cl)s2)CC1. The zero-order valence-corrected chi connectivity index (χ0v) is 15.7. The van der Waals surface area contributed by atoms with Gasteiger partial charge in [-0.2, -0.15) is 4.31 Å². The molecule has 1 saturated heterocycles. The second kappa shape index (κ2) is 7.29. The first-order valence-corrected chi connectivity index (χ1v) is 10.8. The lowest BCUT2D eigenvalue weighted by Crippen LogP contribution is -2.52. The Bertz CT molecular complexity index is 699. The van der Waals surface area contributed by atoms with E-state index in [1.165, 1.54) is 10.4 Å². The molecule has 9 heteroatoms. The Labute approximate surface area is 151 Å². The summed E-state index contributed by atoms with van der Waals surface area (Å²) < 4.78 is 27.3. The van der Waals surface area contributed by atoms with Crippen molar-refractivity contribution in [2.24, 2.45) is 17.6 Å². The maximum atomic E-state index is 12.7. The van der Waals surface area contributed by atoms with E-state index in [0.717, 1.165) is 30.6 Å². The first-order valence-electron chi connectivity index (χ1n) is 8.18. The van der Waals surface area contributed by atoms with Crippen LogP contribution in [0.25, 0.3) is 0 Å². The van der Waals surface area contributed by atoms with Crippen LogP contribution in [0.3, 0.4) is 0 Å². The standard InChI is InChI=1S/C15H22ClN3O3S2/c16-13-4-5-14(23-13)24(21,22)19-8-6-18(7-9-19)15(20)12-3-1-2-11(12)10-17/h4-5,11-12H,1-3,6-10,17H2/t11-,12-/m1/s1. The van der Waals surface area contributed by atoms with E-state index in [0.29, 0.717) is 37.1 Å². The number of carbonyl (C=O) groups excluding carboxylic acids is 1. The van der Waals surface area contributed by atoms with Crippen molar-refractivity contribution in [3.8, 4) is 0 Å². The van der Waals surface area contributed by atoms with Gasteiger partial charge in [-0.1, -0.05) is 18.0 Å². The highest BCUT2D eigenvalue weighted by Crippen LogP contribution is 2.33. The largest absolute Gasteiger partial charge is 0.340 e. The zero-order chi connectivity index (χ0) is 17.3. The van der Waals surface area contributed by atoms with E-state index in [2.05, 4.69) is 0 Å². The first-order chi connectivity index (χ1) is 11.4. The second-order valence-corrected chi connectivity index (χ2v) is 10.2. The van der Waals surface area contributed by atoms with Crippen molar-refractivity contribution in [2.75, 3.05) is 32.7 Å². The number of nitrogens with zero attached hydrogens (tertiary/aromatic N) is 2. The summed E-state index contributed by atoms with van der Waals surface area (Å²) in [5.41, 5.74) is 5.77. The van der Waals surface area contributed by atoms with Crippen LogP contribution in [-0.4, -0.2) is 56.3 Å². The summed E-state index contributed by atoms with van der Waals surface area (Å²) in [6, 6.07) is 3.12. The fraction of sp³-hybridized carbons (Fsp3) is 0.667. The summed E-state index contributed by atoms with van der Waals surface area (Å²) in [5, 5.41) is 0. The molecule has 2 heterocycles. The molecule has 0 bridgehead atoms. The predicted octanol–water partition coefficient (Wildman–Crippen LogP) is 1.61. The summed E-state index contributed by atoms with van der Waals surface area (Å²) in [7, 11) is -3.52. The Kier molecular flexibility index (Phi) is 5.51. The maximum absolute atomic E-state index is 12.7. The van der Waals surface area contributed by atoms with Crippen molar-refractivity contribution in [3.63, 3.8) is 0 Å². The average Bonchev–Trinajstić information content (AvgIpc) is 3.23. The molecule has 1 amide bonds. The third-order valence-electron chi connectivity index (χ3n) is 4.97. The molecule has 1 saturated carbocycles. The van der Waals surface area contributed by atoms with Crippen LogP contribution in [0.4, 0.5) is 0 Å². The molecule has 2 atom stereocenters. The van der Waals surface area contributed by atoms with Crippen molar-refractivity contribution < 1.29 is 13.2 Å². The molecule has 0 radical (unpaired) electrons. The van der Waals surface area contributed by atoms with E-state index in [1.54, 1.807) is 11.0 Å². The fourth-order valence-corrected chi connectivity index (χ4v) is 6.65. The third-order valence-corrected chi connectivity index (χ3v) is 8.57. The topological polar surface area (TPSA) is 83.7 Å². The molecule has 3 rings (SSSR count). The molecular formula is C15H22ClN3O3S2. The van der Waals surface area contributed by atoms with E-state index >= 15 is 0 Å². The number of amides is 1. The van der Waals surface area contributed by atoms with Gasteiger partial charge < -0.3 is 10.6 Å². The molecule has 1 aromatic heterocycles. The fourth-order valence-electron chi connectivity index (χ4n) is 3.59. The molecule has 0 aromatic carbocycles. The summed E-state index contributed by atoms with van der Waals surface area (Å²) in [4.78, 5) is 14.5. The summed E-state index contributed by atoms with van der Waals surface area (Å²) in [6.45, 7) is 2.06. The number of nitrogens with two attached hydrogens (primary N) is 1. The lowest BCUT2D eigenvalue weighted by molar-refractivity contribution is -0.137. The van der Waals surface area contributed by atoms with Crippen molar-refractivity contribution in [1.82, 2.24) is 9.21 Å². The number of carbonyl (C=O) groups is 1. The highest BCUT2D eigenvalue weighted by molar-refractivity contribution is 7.91. The molecule has 0 unspecified atom stereocenters. The molecule has 6 nitrogen and oxygen atoms in total. The quantitative estimate of drug-likeness (QED) is 0.845. The number of sulfonamides is 1. The highest BCUT2D eigenvalue weighted by Gasteiger charge is 2.37. The van der Waals surface area contributed by atoms with Crippen molar-refractivity contribution in [3.05, 3.63) is 16.5 Å². The summed E-state index contributed by atoms with van der Waals surface area (Å²) in [5.74, 6) is 0.418. The van der Waals surface area contributed by atoms with Crippen LogP contribution in [0.5, 0.6) is 0 Å². The van der Waals surface area contributed by atoms with Gasteiger partial charge in [0.15, 0.2) is 0 Å². The van der Waals surface area contributed by atoms with Gasteiger partial charge in [-0.3, -0.25) is 4.79 Å². The van der Waals surface area contributed by atoms with Crippen LogP contribution >= 0.6 is 22.9 Å². The third kappa shape index (κ3) is 3.48. The number of rotatable bonds is 4. The Morgan fingerprint density at radius 1 is 1.25 bits per heavy atom. The van der Waals surface area contributed by atoms with E-state index in [1.807, 2.05) is 0 Å². The van der Waals surface area contributed by atoms with Crippen LogP contribution in [0, 0.1) is 11.8 Å². The molecule has 1 aliphatic carbocycles. The minimum atomic E-state index is -3.52. The Morgan fingerprint density at radius 2 is 1.96 bits per heavy atom. The monoisotopic (exact) mass is 391 g/mol. The first kappa shape index (κ1) is 18.1. The molecular weight excluding hydrogens is 370 g/mol. The number of piperazine rings is 1. The van der Waals surface area contributed by atoms with Gasteiger partial charge in [-0.25, -0.2) is 8.42 Å². The lowest BCUT2D eigenvalue weighted by Gasteiger charge is -2.35. The highest BCUT2D eigenvalue weighted by atomic mass is 35.5. The number of thiophene rings is 1. The Hall–Kier alpha value is -0.670. The van der Waals surface area contributed by atoms with E-state index in [-0.39, 0.29) is 22.0 Å². The number of hydrogen-bond acceptors (Lipinski definition) is 5. The molecule has 134 valence electrons. The van der Waals surface area contributed by atoms with Crippen LogP contribution < -0.4 is 5.73 Å². The Morgan fingerprint density at radius 3 is 2.54 bits per heavy atom. The lowest BCUT2D eigenvalue weighted by atomic mass is 9.94. The average molecular weight is 392 g/mol. The van der Waals surface area contributed by atoms with Crippen molar-refractivity contribution >= 4 is 38.9 Å². The summed E-state index contributed by atoms with van der Waals surface area (Å²) >= 11 is 6.90. The van der Waals surface area contributed by atoms with Gasteiger partial charge in [0, 0.05) is 32.1 Å². The smallest absolute Gasteiger partial charge is 0.252 e. The van der Waals surface area contributed by atoms with Crippen LogP contribution in [-0.2, 0) is 14.8 Å². The maximum Gasteiger partial charge on any atom is 0.252 e. The van der Waals surface area contributed by atoms with Gasteiger partial charge in [0.2, 0.25) is 5.91 Å². The van der Waals surface area contributed by atoms with Gasteiger partial charge in [0.05, 0.1) is 4.34 Å². The van der Waals surface area contributed by atoms with E-state index in [9.17, 15) is 13.2 Å². The van der Waals surface area contributed by atoms with Gasteiger partial charge in [0.1, 0.15) is 4.21 Å². The van der Waals surface area contributed by atoms with Gasteiger partial charge in [-0.15, -0.1) is 11.3 Å². The van der Waals surface area contributed by atoms with Gasteiger partial charge in [0.25, 0.3) is 10.0 Å². The Balaban J connectivity index is 1.62. The van der Waals surface area contributed by atoms with Crippen LogP contribution in [0.1, 0.15) is 19.3 Å². The molecule has 1 aromatic rings. The molecule has 2 N–H and O–H groups in total. The molecule has 1 aliphatic heterocycles. The van der Waals surface area contributed by atoms with Gasteiger partial charge in [-0.05, 0) is 37.4 Å². The number of halogens is 1. The normalized spacial score (nSPS) is 26.0. The molecule has 24 heavy (non-hydrogen) atoms. The second-order valence-electron chi connectivity index (χ2n) is 6.32. The molecule has 2 aliphatic rings. The predicted molar refractivity (Wildman–Crippen MR) is 94.6 cm³/mol. The van der Waals surface area contributed by atoms with Crippen molar-refractivity contribution in [1.29, 1.82) is 0 Å². The number of hydrogen-bond donors (Lipinski definition) is 1. The van der Waals surface area contributed by atoms with Crippen molar-refractivity contribution in [2.45, 2.75) is 23.5 Å². The zero-order valence-electron chi connectivity index (χ0n) is 13.4. The van der Waals surface area contributed by atoms with Crippen LogP contribution in [0.15, 0.2) is 16.3 Å². The minimum Gasteiger partial charge on any atom is -0.340 e. The van der Waals surface area contributed by atoms with Gasteiger partial charge >= 0.3 is 0 Å². The van der Waals surface area contributed by atoms with E-state index < -0.39 is 10.0 Å². The molecule has 0 spiro atoms.